The minimum Gasteiger partial charge on any atom is -0.657 e. The molecule has 0 N–H and O–H groups in total. The Hall–Kier alpha value is -5.51. The number of hydrogen-bond acceptors (Lipinski definition) is 2. The van der Waals surface area contributed by atoms with E-state index < -0.39 is 0 Å². The summed E-state index contributed by atoms with van der Waals surface area (Å²) in [5, 5.41) is 0. The van der Waals surface area contributed by atoms with Gasteiger partial charge in [-0.05, 0) is 84.0 Å². The molecular weight excluding hydrogens is 631 g/mol. The van der Waals surface area contributed by atoms with Crippen molar-refractivity contribution in [3.05, 3.63) is 149 Å². The maximum atomic E-state index is 5.30. The molecule has 0 saturated carbocycles. The molecule has 0 atom stereocenters. The number of nitrogens with zero attached hydrogens (tertiary/aromatic N) is 4. The van der Waals surface area contributed by atoms with Gasteiger partial charge in [0.2, 0.25) is 0 Å². The Morgan fingerprint density at radius 1 is 0.438 bits per heavy atom. The summed E-state index contributed by atoms with van der Waals surface area (Å²) in [5.41, 5.74) is 17.4. The Bertz CT molecular complexity index is 2380. The van der Waals surface area contributed by atoms with Crippen molar-refractivity contribution in [2.75, 3.05) is 0 Å². The predicted molar refractivity (Wildman–Crippen MR) is 197 cm³/mol. The summed E-state index contributed by atoms with van der Waals surface area (Å²) in [6.07, 6.45) is 10.2. The van der Waals surface area contributed by atoms with E-state index in [1.165, 1.54) is 16.7 Å². The van der Waals surface area contributed by atoms with Gasteiger partial charge in [0.15, 0.2) is 0 Å². The molecule has 4 nitrogen and oxygen atoms in total. The molecule has 5 heteroatoms. The summed E-state index contributed by atoms with van der Waals surface area (Å²) in [4.78, 5) is 21.0. The molecule has 234 valence electrons. The maximum absolute atomic E-state index is 5.30. The molecule has 2 aliphatic heterocycles. The molecule has 0 saturated heterocycles. The normalized spacial score (nSPS) is 11.8. The van der Waals surface area contributed by atoms with Crippen LogP contribution in [-0.2, 0) is 16.5 Å². The van der Waals surface area contributed by atoms with E-state index in [9.17, 15) is 0 Å². The second-order valence-corrected chi connectivity index (χ2v) is 12.2. The van der Waals surface area contributed by atoms with Crippen molar-refractivity contribution in [3.8, 4) is 33.4 Å². The molecule has 3 aromatic heterocycles. The third kappa shape index (κ3) is 5.57. The van der Waals surface area contributed by atoms with Crippen molar-refractivity contribution >= 4 is 52.4 Å². The first-order valence-electron chi connectivity index (χ1n) is 15.8. The van der Waals surface area contributed by atoms with Gasteiger partial charge in [-0.3, -0.25) is 0 Å². The summed E-state index contributed by atoms with van der Waals surface area (Å²) in [7, 11) is 0. The monoisotopic (exact) mass is 662 g/mol. The molecule has 5 heterocycles. The van der Waals surface area contributed by atoms with E-state index in [1.54, 1.807) is 0 Å². The predicted octanol–water partition coefficient (Wildman–Crippen LogP) is 10.5. The van der Waals surface area contributed by atoms with Gasteiger partial charge in [0, 0.05) is 0 Å². The summed E-state index contributed by atoms with van der Waals surface area (Å²) >= 11 is 0. The number of aromatic nitrogens is 4. The summed E-state index contributed by atoms with van der Waals surface area (Å²) < 4.78 is 0. The van der Waals surface area contributed by atoms with Crippen molar-refractivity contribution in [2.24, 2.45) is 0 Å². The fraction of sp³-hybridized carbons (Fsp3) is 0.0698. The number of fused-ring (bicyclic) bond motifs is 8. The number of aryl methyl sites for hydroxylation is 3. The first-order valence-corrected chi connectivity index (χ1v) is 15.8. The van der Waals surface area contributed by atoms with Crippen molar-refractivity contribution < 1.29 is 16.5 Å². The van der Waals surface area contributed by atoms with E-state index >= 15 is 0 Å². The van der Waals surface area contributed by atoms with E-state index in [2.05, 4.69) is 149 Å². The summed E-state index contributed by atoms with van der Waals surface area (Å²) in [6.45, 7) is 10.5. The molecular formula is C43H32N4Ni. The fourth-order valence-corrected chi connectivity index (χ4v) is 6.37. The Kier molecular flexibility index (Phi) is 8.16. The van der Waals surface area contributed by atoms with Crippen LogP contribution in [0.15, 0.2) is 104 Å². The smallest absolute Gasteiger partial charge is 0.657 e. The molecule has 0 spiro atoms. The van der Waals surface area contributed by atoms with Gasteiger partial charge in [0.05, 0.1) is 22.8 Å². The Labute approximate surface area is 290 Å². The van der Waals surface area contributed by atoms with Crippen molar-refractivity contribution in [2.45, 2.75) is 20.8 Å². The van der Waals surface area contributed by atoms with Crippen LogP contribution < -0.4 is 9.97 Å². The Morgan fingerprint density at radius 3 is 1.12 bits per heavy atom. The van der Waals surface area contributed by atoms with Gasteiger partial charge in [-0.25, -0.2) is 9.97 Å². The molecule has 3 aromatic carbocycles. The zero-order chi connectivity index (χ0) is 32.1. The van der Waals surface area contributed by atoms with Gasteiger partial charge >= 0.3 is 16.5 Å². The van der Waals surface area contributed by atoms with Crippen LogP contribution in [0.1, 0.15) is 45.0 Å². The molecule has 0 fully saturated rings. The van der Waals surface area contributed by atoms with E-state index in [4.69, 9.17) is 19.9 Å². The molecule has 0 aliphatic carbocycles. The topological polar surface area (TPSA) is 54.0 Å². The zero-order valence-corrected chi connectivity index (χ0v) is 27.9. The van der Waals surface area contributed by atoms with Crippen LogP contribution in [0.2, 0.25) is 0 Å². The van der Waals surface area contributed by atoms with Crippen LogP contribution in [0.4, 0.5) is 0 Å². The third-order valence-electron chi connectivity index (χ3n) is 8.87. The summed E-state index contributed by atoms with van der Waals surface area (Å²) in [6, 6.07) is 34.0. The van der Waals surface area contributed by atoms with E-state index in [0.29, 0.717) is 0 Å². The molecule has 2 aliphatic rings. The van der Waals surface area contributed by atoms with E-state index in [0.717, 1.165) is 83.8 Å². The van der Waals surface area contributed by atoms with Crippen LogP contribution in [0.5, 0.6) is 0 Å². The van der Waals surface area contributed by atoms with Gasteiger partial charge in [0.25, 0.3) is 0 Å². The molecule has 0 radical (unpaired) electrons. The standard InChI is InChI=1S/C43H32N4.Ni/c1-5-32-33-18-20-35(44-33)41(29-12-6-26(2)7-13-29)37-22-24-39(46-37)43(31-16-10-28(4)11-17-31)40-25-23-38(47-40)42(36-21-19-34(32)45-36)30-14-8-27(3)9-15-30;/h5-25H,1H2,2-4H3;/q-2;+2. The molecule has 8 bridgehead atoms. The second kappa shape index (κ2) is 12.6. The van der Waals surface area contributed by atoms with Gasteiger partial charge in [-0.2, -0.15) is 0 Å². The Balaban J connectivity index is 0.00000364. The average molecular weight is 663 g/mol. The van der Waals surface area contributed by atoms with Gasteiger partial charge < -0.3 is 9.97 Å². The van der Waals surface area contributed by atoms with E-state index in [1.807, 2.05) is 6.08 Å². The number of benzene rings is 3. The minimum absolute atomic E-state index is 0. The van der Waals surface area contributed by atoms with Gasteiger partial charge in [-0.1, -0.05) is 126 Å². The maximum Gasteiger partial charge on any atom is 2.00 e. The SMILES string of the molecule is C=Cc1c2nc(c(-c3ccc(C)cc3)c3ccc([n-]3)c(-c3ccc(C)cc3)c3nc(c(-c4ccc(C)cc4)c4ccc1[n-]4)C=C3)C=C2.[Ni+2]. The minimum atomic E-state index is 0. The van der Waals surface area contributed by atoms with Crippen LogP contribution >= 0.6 is 0 Å². The van der Waals surface area contributed by atoms with Crippen LogP contribution in [-0.4, -0.2) is 9.97 Å². The Morgan fingerprint density at radius 2 is 0.750 bits per heavy atom. The fourth-order valence-electron chi connectivity index (χ4n) is 6.37. The molecule has 48 heavy (non-hydrogen) atoms. The van der Waals surface area contributed by atoms with Crippen molar-refractivity contribution in [3.63, 3.8) is 0 Å². The van der Waals surface area contributed by atoms with Crippen LogP contribution in [0, 0.1) is 20.8 Å². The second-order valence-electron chi connectivity index (χ2n) is 12.2. The average Bonchev–Trinajstić information content (AvgIpc) is 3.91. The number of rotatable bonds is 4. The molecule has 8 rings (SSSR count). The molecule has 0 amide bonds. The van der Waals surface area contributed by atoms with Crippen LogP contribution in [0.3, 0.4) is 0 Å². The molecule has 0 unspecified atom stereocenters. The largest absolute Gasteiger partial charge is 2.00 e. The van der Waals surface area contributed by atoms with E-state index in [-0.39, 0.29) is 16.5 Å². The quantitative estimate of drug-likeness (QED) is 0.176. The summed E-state index contributed by atoms with van der Waals surface area (Å²) in [5.74, 6) is 0. The first kappa shape index (κ1) is 31.1. The number of hydrogen-bond donors (Lipinski definition) is 0. The van der Waals surface area contributed by atoms with Crippen molar-refractivity contribution in [1.29, 1.82) is 0 Å². The van der Waals surface area contributed by atoms with Crippen LogP contribution in [0.25, 0.3) is 85.8 Å². The third-order valence-corrected chi connectivity index (χ3v) is 8.87. The van der Waals surface area contributed by atoms with Gasteiger partial charge in [0.1, 0.15) is 0 Å². The zero-order valence-electron chi connectivity index (χ0n) is 26.9. The molecule has 6 aromatic rings. The van der Waals surface area contributed by atoms with Gasteiger partial charge in [-0.15, -0.1) is 22.1 Å². The first-order chi connectivity index (χ1) is 22.9. The van der Waals surface area contributed by atoms with Crippen molar-refractivity contribution in [1.82, 2.24) is 19.9 Å².